The van der Waals surface area contributed by atoms with Gasteiger partial charge in [0.05, 0.1) is 29.3 Å². The lowest BCUT2D eigenvalue weighted by Gasteiger charge is -2.41. The molecule has 54 heavy (non-hydrogen) atoms. The highest BCUT2D eigenvalue weighted by Gasteiger charge is 2.38. The molecule has 1 aromatic heterocycles. The fourth-order valence-electron chi connectivity index (χ4n) is 6.10. The van der Waals surface area contributed by atoms with Gasteiger partial charge in [-0.2, -0.15) is 4.72 Å². The van der Waals surface area contributed by atoms with Crippen LogP contribution in [0, 0.1) is 12.8 Å². The number of anilines is 1. The van der Waals surface area contributed by atoms with Crippen molar-refractivity contribution >= 4 is 39.3 Å². The second-order valence-electron chi connectivity index (χ2n) is 13.1. The number of nitrogens with one attached hydrogen (secondary N) is 2. The molecule has 0 saturated carbocycles. The minimum Gasteiger partial charge on any atom is -0.478 e. The number of rotatable bonds is 14. The molecule has 5 aromatic rings. The van der Waals surface area contributed by atoms with Gasteiger partial charge in [-0.15, -0.1) is 11.8 Å². The Morgan fingerprint density at radius 1 is 0.852 bits per heavy atom. The molecule has 11 nitrogen and oxygen atoms in total. The summed E-state index contributed by atoms with van der Waals surface area (Å²) in [5.74, 6) is -1.33. The van der Waals surface area contributed by atoms with Gasteiger partial charge in [-0.25, -0.2) is 18.2 Å². The molecule has 0 spiro atoms. The first-order chi connectivity index (χ1) is 26.0. The molecular weight excluding hydrogens is 727 g/mol. The lowest BCUT2D eigenvalue weighted by atomic mass is 9.91. The first-order valence-corrected chi connectivity index (χ1v) is 19.8. The van der Waals surface area contributed by atoms with Gasteiger partial charge in [0.2, 0.25) is 15.9 Å². The zero-order valence-electron chi connectivity index (χ0n) is 29.7. The summed E-state index contributed by atoms with van der Waals surface area (Å²) in [7, 11) is -4.02. The number of aliphatic hydroxyl groups excluding tert-OH is 1. The molecule has 1 amide bonds. The maximum atomic E-state index is 13.7. The van der Waals surface area contributed by atoms with Crippen LogP contribution in [0.4, 0.5) is 5.69 Å². The van der Waals surface area contributed by atoms with E-state index in [2.05, 4.69) is 15.0 Å². The molecule has 0 bridgehead atoms. The van der Waals surface area contributed by atoms with Gasteiger partial charge in [0.15, 0.2) is 6.29 Å². The van der Waals surface area contributed by atoms with Crippen LogP contribution in [0.3, 0.4) is 0 Å². The summed E-state index contributed by atoms with van der Waals surface area (Å²) >= 11 is 1.30. The minimum absolute atomic E-state index is 0.0619. The van der Waals surface area contributed by atoms with E-state index in [-0.39, 0.29) is 35.5 Å². The smallest absolute Gasteiger partial charge is 0.338 e. The molecule has 0 radical (unpaired) electrons. The van der Waals surface area contributed by atoms with Crippen molar-refractivity contribution in [3.63, 3.8) is 0 Å². The topological polar surface area (TPSA) is 164 Å². The molecule has 2 heterocycles. The van der Waals surface area contributed by atoms with E-state index in [0.717, 1.165) is 22.3 Å². The average Bonchev–Trinajstić information content (AvgIpc) is 3.18. The summed E-state index contributed by atoms with van der Waals surface area (Å²) in [5.41, 5.74) is 4.60. The zero-order valence-corrected chi connectivity index (χ0v) is 31.3. The van der Waals surface area contributed by atoms with E-state index < -0.39 is 40.3 Å². The van der Waals surface area contributed by atoms with Crippen molar-refractivity contribution in [1.82, 2.24) is 9.71 Å². The third-order valence-corrected chi connectivity index (χ3v) is 11.8. The second kappa shape index (κ2) is 17.5. The van der Waals surface area contributed by atoms with E-state index in [9.17, 15) is 28.2 Å². The van der Waals surface area contributed by atoms with Gasteiger partial charge in [0.25, 0.3) is 0 Å². The summed E-state index contributed by atoms with van der Waals surface area (Å²) in [6.45, 7) is 3.79. The molecule has 4 aromatic carbocycles. The van der Waals surface area contributed by atoms with Crippen LogP contribution >= 0.6 is 11.8 Å². The molecule has 1 aliphatic heterocycles. The third-order valence-electron chi connectivity index (χ3n) is 9.19. The normalized spacial score (nSPS) is 19.2. The molecule has 1 fully saturated rings. The first-order valence-electron chi connectivity index (χ1n) is 17.4. The Kier molecular flexibility index (Phi) is 12.6. The summed E-state index contributed by atoms with van der Waals surface area (Å²) < 4.78 is 42.3. The molecule has 13 heteroatoms. The summed E-state index contributed by atoms with van der Waals surface area (Å²) in [5, 5.41) is 22.5. The lowest BCUT2D eigenvalue weighted by molar-refractivity contribution is -0.268. The van der Waals surface area contributed by atoms with Gasteiger partial charge in [0.1, 0.15) is 11.1 Å². The Bertz CT molecular complexity index is 2150. The second-order valence-corrected chi connectivity index (χ2v) is 15.8. The minimum atomic E-state index is -4.02. The Labute approximate surface area is 318 Å². The predicted molar refractivity (Wildman–Crippen MR) is 205 cm³/mol. The van der Waals surface area contributed by atoms with Crippen molar-refractivity contribution in [2.75, 3.05) is 11.1 Å². The lowest BCUT2D eigenvalue weighted by Crippen LogP contribution is -2.45. The number of aromatic carboxylic acids is 1. The van der Waals surface area contributed by atoms with Crippen LogP contribution in [-0.4, -0.2) is 53.4 Å². The Balaban J connectivity index is 1.21. The monoisotopic (exact) mass is 767 g/mol. The van der Waals surface area contributed by atoms with Gasteiger partial charge >= 0.3 is 5.97 Å². The number of sulfonamides is 1. The van der Waals surface area contributed by atoms with Crippen LogP contribution in [0.5, 0.6) is 0 Å². The first kappa shape index (κ1) is 38.8. The van der Waals surface area contributed by atoms with Crippen molar-refractivity contribution in [1.29, 1.82) is 0 Å². The number of hydrogen-bond donors (Lipinski definition) is 4. The van der Waals surface area contributed by atoms with Gasteiger partial charge in [0, 0.05) is 29.1 Å². The average molecular weight is 768 g/mol. The number of nitrogens with zero attached hydrogens (tertiary/aromatic N) is 1. The van der Waals surface area contributed by atoms with Crippen LogP contribution in [0.2, 0.25) is 0 Å². The number of benzene rings is 4. The van der Waals surface area contributed by atoms with Gasteiger partial charge in [-0.05, 0) is 66.4 Å². The molecule has 0 unspecified atom stereocenters. The van der Waals surface area contributed by atoms with E-state index in [4.69, 9.17) is 9.47 Å². The molecule has 0 aliphatic carbocycles. The fourth-order valence-corrected chi connectivity index (χ4v) is 8.45. The molecule has 6 rings (SSSR count). The van der Waals surface area contributed by atoms with E-state index in [0.29, 0.717) is 22.0 Å². The number of pyridine rings is 1. The van der Waals surface area contributed by atoms with Gasteiger partial charge in [-0.1, -0.05) is 91.3 Å². The van der Waals surface area contributed by atoms with Crippen molar-refractivity contribution in [3.8, 4) is 0 Å². The number of hydrogen-bond acceptors (Lipinski definition) is 9. The van der Waals surface area contributed by atoms with E-state index >= 15 is 0 Å². The Morgan fingerprint density at radius 2 is 1.54 bits per heavy atom. The Hall–Kier alpha value is -4.89. The quantitative estimate of drug-likeness (QED) is 0.0896. The van der Waals surface area contributed by atoms with Crippen molar-refractivity contribution < 1.29 is 37.7 Å². The number of amides is 1. The molecular formula is C41H41N3O8S2. The number of aryl methyl sites for hydroxylation is 1. The highest BCUT2D eigenvalue weighted by molar-refractivity contribution is 7.99. The summed E-state index contributed by atoms with van der Waals surface area (Å²) in [6, 6.07) is 32.1. The highest BCUT2D eigenvalue weighted by atomic mass is 32.2. The van der Waals surface area contributed by atoms with Crippen molar-refractivity contribution in [2.24, 2.45) is 5.92 Å². The number of aliphatic hydroxyl groups is 1. The number of carboxylic acid groups (broad SMARTS) is 1. The molecule has 280 valence electrons. The van der Waals surface area contributed by atoms with Gasteiger partial charge < -0.3 is 25.0 Å². The SMILES string of the molecule is Cc1ccc(S(=O)(=O)N[C@H](Cc2ccccc2)C(=O)Nc2ccc([C@H]3O[C@@H](CSc4ncccc4C(=O)O)[C@@H](C)[C@@H](c4ccc(CO)cc4)O3)cc2)cc1. The highest BCUT2D eigenvalue weighted by Crippen LogP contribution is 2.43. The van der Waals surface area contributed by atoms with Crippen LogP contribution in [0.1, 0.15) is 57.5 Å². The van der Waals surface area contributed by atoms with Crippen molar-refractivity contribution in [2.45, 2.75) is 61.3 Å². The summed E-state index contributed by atoms with van der Waals surface area (Å²) in [4.78, 5) is 29.9. The predicted octanol–water partition coefficient (Wildman–Crippen LogP) is 6.69. The van der Waals surface area contributed by atoms with Crippen LogP contribution in [-0.2, 0) is 37.3 Å². The van der Waals surface area contributed by atoms with E-state index in [1.165, 1.54) is 30.0 Å². The van der Waals surface area contributed by atoms with Crippen LogP contribution < -0.4 is 10.0 Å². The van der Waals surface area contributed by atoms with Gasteiger partial charge in [-0.3, -0.25) is 4.79 Å². The zero-order chi connectivity index (χ0) is 38.2. The maximum Gasteiger partial charge on any atom is 0.338 e. The number of thioether (sulfide) groups is 1. The third kappa shape index (κ3) is 9.61. The van der Waals surface area contributed by atoms with Crippen LogP contribution in [0.25, 0.3) is 0 Å². The molecule has 5 atom stereocenters. The standard InChI is InChI=1S/C41H41N3O8S2/c1-26-10-20-33(21-11-26)54(49,50)44-35(23-28-7-4-3-5-8-28)38(46)43-32-18-16-31(17-19-32)41-51-36(25-53-39-34(40(47)48)9-6-22-42-39)27(2)37(52-41)30-14-12-29(24-45)13-15-30/h3-22,27,35-37,41,44-45H,23-25H2,1-2H3,(H,43,46)(H,47,48)/t27-,35-,36+,37+,41+/m1/s1. The molecule has 1 aliphatic rings. The number of aromatic nitrogens is 1. The van der Waals surface area contributed by atoms with Crippen LogP contribution in [0.15, 0.2) is 131 Å². The summed E-state index contributed by atoms with van der Waals surface area (Å²) in [6.07, 6.45) is 0.100. The van der Waals surface area contributed by atoms with E-state index in [1.54, 1.807) is 48.7 Å². The number of carbonyl (C=O) groups excluding carboxylic acids is 1. The maximum absolute atomic E-state index is 13.7. The van der Waals surface area contributed by atoms with Crippen molar-refractivity contribution in [3.05, 3.63) is 155 Å². The number of carbonyl (C=O) groups is 2. The molecule has 1 saturated heterocycles. The number of ether oxygens (including phenoxy) is 2. The fraction of sp³-hybridized carbons (Fsp3) is 0.244. The Morgan fingerprint density at radius 3 is 2.20 bits per heavy atom. The largest absolute Gasteiger partial charge is 0.478 e. The number of carboxylic acids is 1. The van der Waals surface area contributed by atoms with E-state index in [1.807, 2.05) is 68.4 Å². The molecule has 4 N–H and O–H groups in total.